The van der Waals surface area contributed by atoms with Gasteiger partial charge < -0.3 is 0 Å². The van der Waals surface area contributed by atoms with E-state index in [4.69, 9.17) is 0 Å². The highest BCUT2D eigenvalue weighted by Crippen LogP contribution is 2.27. The summed E-state index contributed by atoms with van der Waals surface area (Å²) in [7, 11) is 0. The molecule has 0 amide bonds. The minimum atomic E-state index is -0.442. The Balaban J connectivity index is 1.70. The van der Waals surface area contributed by atoms with E-state index in [-0.39, 0.29) is 11.5 Å². The molecule has 0 radical (unpaired) electrons. The van der Waals surface area contributed by atoms with Crippen LogP contribution in [0.2, 0.25) is 0 Å². The van der Waals surface area contributed by atoms with Gasteiger partial charge in [0.05, 0.1) is 16.8 Å². The van der Waals surface area contributed by atoms with Gasteiger partial charge in [-0.1, -0.05) is 24.3 Å². The number of hydrogen-bond donors (Lipinski definition) is 1. The molecule has 0 fully saturated rings. The fraction of sp³-hybridized carbons (Fsp3) is 0. The summed E-state index contributed by atoms with van der Waals surface area (Å²) in [6, 6.07) is 12.2. The fourth-order valence-electron chi connectivity index (χ4n) is 1.95. The summed E-state index contributed by atoms with van der Waals surface area (Å²) in [4.78, 5) is 14.7. The molecule has 0 unspecified atom stereocenters. The zero-order valence-electron chi connectivity index (χ0n) is 12.2. The van der Waals surface area contributed by atoms with Crippen LogP contribution in [0.4, 0.5) is 15.2 Å². The number of thiazole rings is 1. The van der Waals surface area contributed by atoms with Crippen LogP contribution in [0.5, 0.6) is 0 Å². The van der Waals surface area contributed by atoms with Gasteiger partial charge in [-0.2, -0.15) is 5.10 Å². The Kier molecular flexibility index (Phi) is 4.57. The van der Waals surface area contributed by atoms with Gasteiger partial charge in [0.2, 0.25) is 5.13 Å². The Labute approximate surface area is 140 Å². The molecule has 1 aromatic heterocycles. The number of anilines is 1. The average molecular weight is 342 g/mol. The van der Waals surface area contributed by atoms with E-state index in [1.54, 1.807) is 35.9 Å². The van der Waals surface area contributed by atoms with Crippen molar-refractivity contribution in [2.24, 2.45) is 5.10 Å². The smallest absolute Gasteiger partial charge is 0.258 e. The van der Waals surface area contributed by atoms with Crippen molar-refractivity contribution in [2.75, 3.05) is 5.43 Å². The summed E-state index contributed by atoms with van der Waals surface area (Å²) < 4.78 is 12.8. The minimum Gasteiger partial charge on any atom is -0.258 e. The molecule has 0 saturated carbocycles. The molecule has 0 aliphatic heterocycles. The summed E-state index contributed by atoms with van der Waals surface area (Å²) in [5, 5.41) is 17.2. The summed E-state index contributed by atoms with van der Waals surface area (Å²) in [5.41, 5.74) is 4.84. The fourth-order valence-corrected chi connectivity index (χ4v) is 2.62. The van der Waals surface area contributed by atoms with Gasteiger partial charge in [0, 0.05) is 23.1 Å². The summed E-state index contributed by atoms with van der Waals surface area (Å²) in [6.45, 7) is 0. The Bertz CT molecular complexity index is 893. The predicted molar refractivity (Wildman–Crippen MR) is 91.8 cm³/mol. The lowest BCUT2D eigenvalue weighted by molar-refractivity contribution is -0.384. The van der Waals surface area contributed by atoms with Gasteiger partial charge in [-0.3, -0.25) is 15.5 Å². The average Bonchev–Trinajstić information content (AvgIpc) is 3.06. The lowest BCUT2D eigenvalue weighted by Crippen LogP contribution is -1.91. The molecular weight excluding hydrogens is 331 g/mol. The molecule has 8 heteroatoms. The van der Waals surface area contributed by atoms with Crippen molar-refractivity contribution in [3.05, 3.63) is 75.4 Å². The van der Waals surface area contributed by atoms with Gasteiger partial charge in [0.25, 0.3) is 5.69 Å². The van der Waals surface area contributed by atoms with E-state index in [1.807, 2.05) is 0 Å². The van der Waals surface area contributed by atoms with Crippen molar-refractivity contribution in [3.63, 3.8) is 0 Å². The van der Waals surface area contributed by atoms with Gasteiger partial charge in [-0.05, 0) is 17.7 Å². The molecule has 1 heterocycles. The van der Waals surface area contributed by atoms with E-state index in [0.717, 1.165) is 5.56 Å². The summed E-state index contributed by atoms with van der Waals surface area (Å²) in [5.74, 6) is -0.304. The molecular formula is C16H11FN4O2S. The first-order valence-electron chi connectivity index (χ1n) is 6.87. The topological polar surface area (TPSA) is 80.4 Å². The van der Waals surface area contributed by atoms with E-state index in [9.17, 15) is 14.5 Å². The summed E-state index contributed by atoms with van der Waals surface area (Å²) >= 11 is 1.33. The van der Waals surface area contributed by atoms with Crippen LogP contribution >= 0.6 is 11.3 Å². The number of halogens is 1. The third kappa shape index (κ3) is 3.79. The molecule has 6 nitrogen and oxygen atoms in total. The van der Waals surface area contributed by atoms with E-state index in [2.05, 4.69) is 15.5 Å². The zero-order chi connectivity index (χ0) is 16.9. The zero-order valence-corrected chi connectivity index (χ0v) is 13.0. The second-order valence-corrected chi connectivity index (χ2v) is 5.62. The molecule has 2 aromatic carbocycles. The van der Waals surface area contributed by atoms with Crippen LogP contribution < -0.4 is 5.43 Å². The van der Waals surface area contributed by atoms with Crippen molar-refractivity contribution >= 4 is 28.4 Å². The number of hydrazone groups is 1. The third-order valence-electron chi connectivity index (χ3n) is 3.10. The van der Waals surface area contributed by atoms with Crippen LogP contribution in [-0.4, -0.2) is 16.1 Å². The second kappa shape index (κ2) is 6.97. The molecule has 0 aliphatic rings. The lowest BCUT2D eigenvalue weighted by Gasteiger charge is -1.97. The number of nitro groups is 1. The van der Waals surface area contributed by atoms with Crippen LogP contribution in [0.1, 0.15) is 5.56 Å². The van der Waals surface area contributed by atoms with Crippen LogP contribution in [-0.2, 0) is 0 Å². The number of nitrogens with one attached hydrogen (secondary N) is 1. The molecule has 24 heavy (non-hydrogen) atoms. The molecule has 0 bridgehead atoms. The Morgan fingerprint density at radius 2 is 2.04 bits per heavy atom. The maximum Gasteiger partial charge on any atom is 0.270 e. The number of aromatic nitrogens is 1. The first kappa shape index (κ1) is 15.8. The molecule has 3 rings (SSSR count). The molecule has 0 aliphatic carbocycles. The van der Waals surface area contributed by atoms with Gasteiger partial charge in [-0.15, -0.1) is 11.3 Å². The number of benzene rings is 2. The van der Waals surface area contributed by atoms with Gasteiger partial charge in [0.15, 0.2) is 0 Å². The highest BCUT2D eigenvalue weighted by atomic mass is 32.1. The molecule has 3 aromatic rings. The predicted octanol–water partition coefficient (Wildman–Crippen LogP) is 4.30. The van der Waals surface area contributed by atoms with Crippen molar-refractivity contribution < 1.29 is 9.31 Å². The SMILES string of the molecule is O=[N+]([O-])c1cccc(-c2csc(N/N=C/c3ccc(F)cc3)n2)c1. The van der Waals surface area contributed by atoms with Gasteiger partial charge in [0.1, 0.15) is 5.82 Å². The third-order valence-corrected chi connectivity index (χ3v) is 3.85. The molecule has 0 spiro atoms. The van der Waals surface area contributed by atoms with Crippen molar-refractivity contribution in [1.82, 2.24) is 4.98 Å². The van der Waals surface area contributed by atoms with Crippen LogP contribution in [0.25, 0.3) is 11.3 Å². The maximum absolute atomic E-state index is 12.8. The van der Waals surface area contributed by atoms with E-state index >= 15 is 0 Å². The standard InChI is InChI=1S/C16H11FN4O2S/c17-13-6-4-11(5-7-13)9-18-20-16-19-15(10-24-16)12-2-1-3-14(8-12)21(22)23/h1-10H,(H,19,20)/b18-9+. The van der Waals surface area contributed by atoms with Crippen LogP contribution in [0, 0.1) is 15.9 Å². The Morgan fingerprint density at radius 3 is 2.79 bits per heavy atom. The monoisotopic (exact) mass is 342 g/mol. The highest BCUT2D eigenvalue weighted by molar-refractivity contribution is 7.14. The second-order valence-electron chi connectivity index (χ2n) is 4.77. The normalized spacial score (nSPS) is 10.9. The summed E-state index contributed by atoms with van der Waals surface area (Å²) in [6.07, 6.45) is 1.55. The van der Waals surface area contributed by atoms with E-state index in [0.29, 0.717) is 16.4 Å². The lowest BCUT2D eigenvalue weighted by atomic mass is 10.1. The molecule has 1 N–H and O–H groups in total. The molecule has 0 atom stereocenters. The first-order chi connectivity index (χ1) is 11.6. The van der Waals surface area contributed by atoms with Crippen LogP contribution in [0.3, 0.4) is 0 Å². The quantitative estimate of drug-likeness (QED) is 0.426. The van der Waals surface area contributed by atoms with Crippen molar-refractivity contribution in [2.45, 2.75) is 0 Å². The number of hydrogen-bond acceptors (Lipinski definition) is 6. The van der Waals surface area contributed by atoms with E-state index in [1.165, 1.54) is 35.6 Å². The number of nitro benzene ring substituents is 1. The number of rotatable bonds is 5. The van der Waals surface area contributed by atoms with Crippen molar-refractivity contribution in [3.8, 4) is 11.3 Å². The van der Waals surface area contributed by atoms with Gasteiger partial charge in [-0.25, -0.2) is 9.37 Å². The largest absolute Gasteiger partial charge is 0.270 e. The minimum absolute atomic E-state index is 0.0179. The van der Waals surface area contributed by atoms with Gasteiger partial charge >= 0.3 is 0 Å². The Morgan fingerprint density at radius 1 is 1.25 bits per heavy atom. The Hall–Kier alpha value is -3.13. The maximum atomic E-state index is 12.8. The highest BCUT2D eigenvalue weighted by Gasteiger charge is 2.09. The first-order valence-corrected chi connectivity index (χ1v) is 7.75. The molecule has 0 saturated heterocycles. The van der Waals surface area contributed by atoms with Crippen molar-refractivity contribution in [1.29, 1.82) is 0 Å². The van der Waals surface area contributed by atoms with Crippen LogP contribution in [0.15, 0.2) is 59.0 Å². The van der Waals surface area contributed by atoms with E-state index < -0.39 is 4.92 Å². The number of nitrogens with zero attached hydrogens (tertiary/aromatic N) is 3. The number of non-ortho nitro benzene ring substituents is 1. The molecule has 120 valence electrons.